The van der Waals surface area contributed by atoms with E-state index < -0.39 is 0 Å². The van der Waals surface area contributed by atoms with Crippen molar-refractivity contribution in [3.8, 4) is 5.75 Å². The van der Waals surface area contributed by atoms with E-state index in [1.165, 1.54) is 13.3 Å². The van der Waals surface area contributed by atoms with Gasteiger partial charge in [-0.2, -0.15) is 0 Å². The van der Waals surface area contributed by atoms with Gasteiger partial charge in [-0.05, 0) is 25.5 Å². The van der Waals surface area contributed by atoms with Crippen molar-refractivity contribution in [1.82, 2.24) is 10.3 Å². The summed E-state index contributed by atoms with van der Waals surface area (Å²) in [5, 5.41) is 2.87. The van der Waals surface area contributed by atoms with E-state index in [9.17, 15) is 4.79 Å². The summed E-state index contributed by atoms with van der Waals surface area (Å²) in [4.78, 5) is 15.8. The van der Waals surface area contributed by atoms with E-state index in [-0.39, 0.29) is 5.91 Å². The lowest BCUT2D eigenvalue weighted by molar-refractivity contribution is 0.0949. The summed E-state index contributed by atoms with van der Waals surface area (Å²) in [7, 11) is 1.53. The van der Waals surface area contributed by atoms with Gasteiger partial charge in [-0.1, -0.05) is 12.8 Å². The zero-order valence-corrected chi connectivity index (χ0v) is 10.8. The molecule has 0 unspecified atom stereocenters. The number of nitrogens with two attached hydrogens (primary N) is 1. The zero-order chi connectivity index (χ0) is 13.2. The van der Waals surface area contributed by atoms with Crippen molar-refractivity contribution in [3.05, 3.63) is 24.0 Å². The number of pyridine rings is 1. The molecule has 3 N–H and O–H groups in total. The van der Waals surface area contributed by atoms with Crippen LogP contribution < -0.4 is 15.8 Å². The SMILES string of the molecule is COc1cnccc1C(=O)NCCCCCCN. The number of methoxy groups -OCH3 is 1. The number of rotatable bonds is 8. The third-order valence-electron chi connectivity index (χ3n) is 2.67. The Morgan fingerprint density at radius 2 is 2.17 bits per heavy atom. The van der Waals surface area contributed by atoms with Gasteiger partial charge >= 0.3 is 0 Å². The van der Waals surface area contributed by atoms with Gasteiger partial charge in [0.25, 0.3) is 5.91 Å². The molecule has 0 aliphatic rings. The number of hydrogen-bond donors (Lipinski definition) is 2. The van der Waals surface area contributed by atoms with Crippen LogP contribution in [0.3, 0.4) is 0 Å². The highest BCUT2D eigenvalue weighted by Gasteiger charge is 2.10. The molecule has 0 spiro atoms. The van der Waals surface area contributed by atoms with E-state index in [0.717, 1.165) is 32.2 Å². The molecule has 0 saturated heterocycles. The molecule has 0 radical (unpaired) electrons. The number of aromatic nitrogens is 1. The van der Waals surface area contributed by atoms with E-state index >= 15 is 0 Å². The molecule has 0 saturated carbocycles. The molecule has 5 nitrogen and oxygen atoms in total. The van der Waals surface area contributed by atoms with Crippen LogP contribution in [0.4, 0.5) is 0 Å². The number of amides is 1. The molecule has 0 fully saturated rings. The van der Waals surface area contributed by atoms with Crippen molar-refractivity contribution >= 4 is 5.91 Å². The second kappa shape index (κ2) is 8.47. The Kier molecular flexibility index (Phi) is 6.79. The Hall–Kier alpha value is -1.62. The molecule has 18 heavy (non-hydrogen) atoms. The maximum absolute atomic E-state index is 11.9. The Bertz CT molecular complexity index is 369. The van der Waals surface area contributed by atoms with E-state index in [4.69, 9.17) is 10.5 Å². The molecule has 0 aliphatic heterocycles. The van der Waals surface area contributed by atoms with Gasteiger partial charge in [0.2, 0.25) is 0 Å². The number of unbranched alkanes of at least 4 members (excludes halogenated alkanes) is 3. The largest absolute Gasteiger partial charge is 0.494 e. The fraction of sp³-hybridized carbons (Fsp3) is 0.538. The van der Waals surface area contributed by atoms with Crippen LogP contribution in [0.2, 0.25) is 0 Å². The monoisotopic (exact) mass is 251 g/mol. The van der Waals surface area contributed by atoms with Crippen LogP contribution >= 0.6 is 0 Å². The summed E-state index contributed by atoms with van der Waals surface area (Å²) in [6.07, 6.45) is 7.34. The second-order valence-corrected chi connectivity index (χ2v) is 4.03. The average Bonchev–Trinajstić information content (AvgIpc) is 2.42. The lowest BCUT2D eigenvalue weighted by Crippen LogP contribution is -2.25. The van der Waals surface area contributed by atoms with Crippen molar-refractivity contribution in [3.63, 3.8) is 0 Å². The predicted octanol–water partition coefficient (Wildman–Crippen LogP) is 1.34. The zero-order valence-electron chi connectivity index (χ0n) is 10.8. The maximum Gasteiger partial charge on any atom is 0.255 e. The van der Waals surface area contributed by atoms with Crippen LogP contribution in [0, 0.1) is 0 Å². The minimum atomic E-state index is -0.118. The molecule has 1 amide bonds. The number of hydrogen-bond acceptors (Lipinski definition) is 4. The van der Waals surface area contributed by atoms with Crippen molar-refractivity contribution in [2.45, 2.75) is 25.7 Å². The van der Waals surface area contributed by atoms with Gasteiger partial charge < -0.3 is 15.8 Å². The van der Waals surface area contributed by atoms with Crippen LogP contribution in [-0.4, -0.2) is 31.1 Å². The molecule has 1 rings (SSSR count). The highest BCUT2D eigenvalue weighted by atomic mass is 16.5. The minimum absolute atomic E-state index is 0.118. The third kappa shape index (κ3) is 4.71. The fourth-order valence-electron chi connectivity index (χ4n) is 1.65. The standard InChI is InChI=1S/C13H21N3O2/c1-18-12-10-15-9-6-11(12)13(17)16-8-5-3-2-4-7-14/h6,9-10H,2-5,7-8,14H2,1H3,(H,16,17). The molecule has 0 bridgehead atoms. The normalized spacial score (nSPS) is 10.1. The minimum Gasteiger partial charge on any atom is -0.494 e. The summed E-state index contributed by atoms with van der Waals surface area (Å²) in [5.74, 6) is 0.381. The van der Waals surface area contributed by atoms with Crippen LogP contribution in [0.15, 0.2) is 18.5 Å². The van der Waals surface area contributed by atoms with Crippen LogP contribution in [0.25, 0.3) is 0 Å². The number of nitrogens with one attached hydrogen (secondary N) is 1. The van der Waals surface area contributed by atoms with Gasteiger partial charge in [0.05, 0.1) is 18.9 Å². The average molecular weight is 251 g/mol. The lowest BCUT2D eigenvalue weighted by Gasteiger charge is -2.08. The first-order valence-corrected chi connectivity index (χ1v) is 6.26. The van der Waals surface area contributed by atoms with Crippen molar-refractivity contribution < 1.29 is 9.53 Å². The fourth-order valence-corrected chi connectivity index (χ4v) is 1.65. The molecular formula is C13H21N3O2. The molecule has 100 valence electrons. The summed E-state index contributed by atoms with van der Waals surface area (Å²) in [6.45, 7) is 1.41. The topological polar surface area (TPSA) is 77.2 Å². The van der Waals surface area contributed by atoms with Crippen molar-refractivity contribution in [1.29, 1.82) is 0 Å². The van der Waals surface area contributed by atoms with Crippen molar-refractivity contribution in [2.75, 3.05) is 20.2 Å². The molecule has 1 aromatic heterocycles. The number of ether oxygens (including phenoxy) is 1. The smallest absolute Gasteiger partial charge is 0.255 e. The highest BCUT2D eigenvalue weighted by molar-refractivity contribution is 5.96. The van der Waals surface area contributed by atoms with E-state index in [1.807, 2.05) is 0 Å². The second-order valence-electron chi connectivity index (χ2n) is 4.03. The first-order chi connectivity index (χ1) is 8.79. The first-order valence-electron chi connectivity index (χ1n) is 6.26. The summed E-state index contributed by atoms with van der Waals surface area (Å²) >= 11 is 0. The summed E-state index contributed by atoms with van der Waals surface area (Å²) in [6, 6.07) is 1.66. The molecule has 1 heterocycles. The summed E-state index contributed by atoms with van der Waals surface area (Å²) in [5.41, 5.74) is 5.93. The molecule has 0 atom stereocenters. The quantitative estimate of drug-likeness (QED) is 0.683. The van der Waals surface area contributed by atoms with Gasteiger partial charge in [-0.15, -0.1) is 0 Å². The van der Waals surface area contributed by atoms with Crippen LogP contribution in [0.5, 0.6) is 5.75 Å². The van der Waals surface area contributed by atoms with Crippen LogP contribution in [-0.2, 0) is 0 Å². The van der Waals surface area contributed by atoms with E-state index in [2.05, 4.69) is 10.3 Å². The summed E-state index contributed by atoms with van der Waals surface area (Å²) < 4.78 is 5.09. The molecule has 5 heteroatoms. The van der Waals surface area contributed by atoms with Gasteiger partial charge in [0, 0.05) is 12.7 Å². The van der Waals surface area contributed by atoms with E-state index in [0.29, 0.717) is 17.9 Å². The lowest BCUT2D eigenvalue weighted by atomic mass is 10.2. The molecular weight excluding hydrogens is 230 g/mol. The van der Waals surface area contributed by atoms with Crippen LogP contribution in [0.1, 0.15) is 36.0 Å². The Morgan fingerprint density at radius 1 is 1.39 bits per heavy atom. The maximum atomic E-state index is 11.9. The van der Waals surface area contributed by atoms with Gasteiger partial charge in [-0.3, -0.25) is 9.78 Å². The number of carbonyl (C=O) groups is 1. The first kappa shape index (κ1) is 14.4. The highest BCUT2D eigenvalue weighted by Crippen LogP contribution is 2.15. The molecule has 0 aliphatic carbocycles. The predicted molar refractivity (Wildman–Crippen MR) is 70.6 cm³/mol. The van der Waals surface area contributed by atoms with Crippen molar-refractivity contribution in [2.24, 2.45) is 5.73 Å². The van der Waals surface area contributed by atoms with Gasteiger partial charge in [0.15, 0.2) is 0 Å². The molecule has 0 aromatic carbocycles. The van der Waals surface area contributed by atoms with E-state index in [1.54, 1.807) is 12.3 Å². The van der Waals surface area contributed by atoms with Gasteiger partial charge in [0.1, 0.15) is 5.75 Å². The third-order valence-corrected chi connectivity index (χ3v) is 2.67. The Morgan fingerprint density at radius 3 is 2.89 bits per heavy atom. The molecule has 1 aromatic rings. The van der Waals surface area contributed by atoms with Gasteiger partial charge in [-0.25, -0.2) is 0 Å². The number of carbonyl (C=O) groups excluding carboxylic acids is 1. The Labute approximate surface area is 108 Å². The Balaban J connectivity index is 2.32. The number of nitrogens with zero attached hydrogens (tertiary/aromatic N) is 1.